The van der Waals surface area contributed by atoms with Gasteiger partial charge in [-0.15, -0.1) is 0 Å². The van der Waals surface area contributed by atoms with E-state index in [4.69, 9.17) is 16.7 Å². The molecule has 2 rings (SSSR count). The lowest BCUT2D eigenvalue weighted by atomic mass is 10.2. The van der Waals surface area contributed by atoms with Crippen LogP contribution in [0.4, 0.5) is 0 Å². The summed E-state index contributed by atoms with van der Waals surface area (Å²) in [6.07, 6.45) is 2.54. The number of halogens is 1. The molecule has 0 aliphatic heterocycles. The Morgan fingerprint density at radius 1 is 1.53 bits per heavy atom. The molecule has 0 unspecified atom stereocenters. The summed E-state index contributed by atoms with van der Waals surface area (Å²) in [4.78, 5) is 14.8. The monoisotopic (exact) mass is 250 g/mol. The first kappa shape index (κ1) is 11.7. The molecule has 4 nitrogen and oxygen atoms in total. The van der Waals surface area contributed by atoms with Gasteiger partial charge in [-0.05, 0) is 30.7 Å². The lowest BCUT2D eigenvalue weighted by molar-refractivity contribution is -0.131. The molecule has 0 saturated carbocycles. The van der Waals surface area contributed by atoms with Crippen LogP contribution in [0.5, 0.6) is 0 Å². The van der Waals surface area contributed by atoms with Crippen molar-refractivity contribution in [3.05, 3.63) is 34.6 Å². The van der Waals surface area contributed by atoms with E-state index >= 15 is 0 Å². The van der Waals surface area contributed by atoms with Crippen molar-refractivity contribution in [2.75, 3.05) is 0 Å². The predicted octanol–water partition coefficient (Wildman–Crippen LogP) is 2.63. The van der Waals surface area contributed by atoms with Crippen LogP contribution in [-0.4, -0.2) is 20.6 Å². The van der Waals surface area contributed by atoms with E-state index in [0.29, 0.717) is 10.8 Å². The molecule has 0 aliphatic rings. The van der Waals surface area contributed by atoms with E-state index in [2.05, 4.69) is 4.98 Å². The molecular weight excluding hydrogens is 240 g/mol. The summed E-state index contributed by atoms with van der Waals surface area (Å²) in [6, 6.07) is 3.68. The third-order valence-electron chi connectivity index (χ3n) is 2.65. The first-order chi connectivity index (χ1) is 8.00. The van der Waals surface area contributed by atoms with Gasteiger partial charge in [-0.3, -0.25) is 0 Å². The van der Waals surface area contributed by atoms with E-state index in [-0.39, 0.29) is 0 Å². The maximum atomic E-state index is 10.5. The summed E-state index contributed by atoms with van der Waals surface area (Å²) in [6.45, 7) is 1.89. The number of carboxylic acids is 1. The van der Waals surface area contributed by atoms with Crippen LogP contribution in [0.3, 0.4) is 0 Å². The molecule has 17 heavy (non-hydrogen) atoms. The zero-order chi connectivity index (χ0) is 12.6. The lowest BCUT2D eigenvalue weighted by Crippen LogP contribution is -1.93. The molecule has 0 saturated heterocycles. The molecule has 5 heteroatoms. The molecule has 0 amide bonds. The SMILES string of the molecule is Cc1c(Cl)ccc2c1nc(/C=C/C(=O)O)n2C. The lowest BCUT2D eigenvalue weighted by Gasteiger charge is -1.99. The largest absolute Gasteiger partial charge is 0.478 e. The molecule has 1 N–H and O–H groups in total. The van der Waals surface area contributed by atoms with Gasteiger partial charge in [-0.1, -0.05) is 11.6 Å². The number of aromatic nitrogens is 2. The van der Waals surface area contributed by atoms with Crippen LogP contribution in [-0.2, 0) is 11.8 Å². The number of carboxylic acid groups (broad SMARTS) is 1. The van der Waals surface area contributed by atoms with Crippen molar-refractivity contribution in [3.63, 3.8) is 0 Å². The number of imidazole rings is 1. The minimum atomic E-state index is -0.994. The van der Waals surface area contributed by atoms with Crippen LogP contribution in [0.2, 0.25) is 5.02 Å². The third-order valence-corrected chi connectivity index (χ3v) is 3.06. The van der Waals surface area contributed by atoms with Gasteiger partial charge in [-0.25, -0.2) is 9.78 Å². The van der Waals surface area contributed by atoms with Crippen LogP contribution in [0.15, 0.2) is 18.2 Å². The number of fused-ring (bicyclic) bond motifs is 1. The highest BCUT2D eigenvalue weighted by Crippen LogP contribution is 2.25. The first-order valence-corrected chi connectivity index (χ1v) is 5.41. The number of benzene rings is 1. The third kappa shape index (κ3) is 2.03. The standard InChI is InChI=1S/C12H11ClN2O2/c1-7-8(13)3-4-9-12(7)14-10(15(9)2)5-6-11(16)17/h3-6H,1-2H3,(H,16,17)/b6-5+. The number of nitrogens with zero attached hydrogens (tertiary/aromatic N) is 2. The molecule has 88 valence electrons. The highest BCUT2D eigenvalue weighted by atomic mass is 35.5. The second-order valence-corrected chi connectivity index (χ2v) is 4.15. The second-order valence-electron chi connectivity index (χ2n) is 3.74. The van der Waals surface area contributed by atoms with Crippen molar-refractivity contribution in [2.24, 2.45) is 7.05 Å². The van der Waals surface area contributed by atoms with Gasteiger partial charge in [0.15, 0.2) is 0 Å². The van der Waals surface area contributed by atoms with Gasteiger partial charge in [0.05, 0.1) is 11.0 Å². The zero-order valence-corrected chi connectivity index (χ0v) is 10.2. The molecule has 0 fully saturated rings. The molecule has 1 aromatic carbocycles. The average molecular weight is 251 g/mol. The topological polar surface area (TPSA) is 55.1 Å². The molecule has 0 spiro atoms. The summed E-state index contributed by atoms with van der Waals surface area (Å²) in [5.41, 5.74) is 2.62. The number of rotatable bonds is 2. The molecule has 0 aliphatic carbocycles. The molecule has 1 aromatic heterocycles. The van der Waals surface area contributed by atoms with Crippen LogP contribution >= 0.6 is 11.6 Å². The van der Waals surface area contributed by atoms with Crippen LogP contribution in [0, 0.1) is 6.92 Å². The Balaban J connectivity index is 2.64. The van der Waals surface area contributed by atoms with E-state index in [1.807, 2.05) is 30.7 Å². The van der Waals surface area contributed by atoms with Crippen molar-refractivity contribution in [2.45, 2.75) is 6.92 Å². The van der Waals surface area contributed by atoms with Gasteiger partial charge in [0.1, 0.15) is 5.82 Å². The molecular formula is C12H11ClN2O2. The van der Waals surface area contributed by atoms with E-state index < -0.39 is 5.97 Å². The van der Waals surface area contributed by atoms with Gasteiger partial charge < -0.3 is 9.67 Å². The van der Waals surface area contributed by atoms with Gasteiger partial charge >= 0.3 is 5.97 Å². The van der Waals surface area contributed by atoms with Crippen LogP contribution in [0.25, 0.3) is 17.1 Å². The van der Waals surface area contributed by atoms with Crippen LogP contribution in [0.1, 0.15) is 11.4 Å². The molecule has 1 heterocycles. The highest BCUT2D eigenvalue weighted by molar-refractivity contribution is 6.32. The van der Waals surface area contributed by atoms with Crippen molar-refractivity contribution in [1.29, 1.82) is 0 Å². The van der Waals surface area contributed by atoms with E-state index in [1.165, 1.54) is 6.08 Å². The maximum Gasteiger partial charge on any atom is 0.328 e. The Labute approximate surface area is 103 Å². The normalized spacial score (nSPS) is 11.5. The summed E-state index contributed by atoms with van der Waals surface area (Å²) < 4.78 is 1.83. The Hall–Kier alpha value is -1.81. The van der Waals surface area contributed by atoms with E-state index in [9.17, 15) is 4.79 Å². The molecule has 0 radical (unpaired) electrons. The van der Waals surface area contributed by atoms with Crippen molar-refractivity contribution in [1.82, 2.24) is 9.55 Å². The van der Waals surface area contributed by atoms with Crippen molar-refractivity contribution >= 4 is 34.7 Å². The number of hydrogen-bond donors (Lipinski definition) is 1. The van der Waals surface area contributed by atoms with Crippen molar-refractivity contribution < 1.29 is 9.90 Å². The summed E-state index contributed by atoms with van der Waals surface area (Å²) in [5, 5.41) is 9.25. The maximum absolute atomic E-state index is 10.5. The minimum Gasteiger partial charge on any atom is -0.478 e. The Kier molecular flexibility index (Phi) is 2.90. The minimum absolute atomic E-state index is 0.591. The zero-order valence-electron chi connectivity index (χ0n) is 9.44. The summed E-state index contributed by atoms with van der Waals surface area (Å²) in [5.74, 6) is -0.403. The van der Waals surface area contributed by atoms with Gasteiger partial charge in [-0.2, -0.15) is 0 Å². The van der Waals surface area contributed by atoms with E-state index in [1.54, 1.807) is 0 Å². The number of aryl methyl sites for hydroxylation is 2. The van der Waals surface area contributed by atoms with Gasteiger partial charge in [0.2, 0.25) is 0 Å². The Morgan fingerprint density at radius 3 is 2.88 bits per heavy atom. The average Bonchev–Trinajstić information content (AvgIpc) is 2.59. The van der Waals surface area contributed by atoms with Crippen LogP contribution < -0.4 is 0 Å². The fourth-order valence-corrected chi connectivity index (χ4v) is 1.83. The highest BCUT2D eigenvalue weighted by Gasteiger charge is 2.09. The number of carbonyl (C=O) groups is 1. The second kappa shape index (κ2) is 4.22. The smallest absolute Gasteiger partial charge is 0.328 e. The fourth-order valence-electron chi connectivity index (χ4n) is 1.68. The molecule has 0 bridgehead atoms. The van der Waals surface area contributed by atoms with Gasteiger partial charge in [0.25, 0.3) is 0 Å². The van der Waals surface area contributed by atoms with E-state index in [0.717, 1.165) is 22.7 Å². The number of aliphatic carboxylic acids is 1. The van der Waals surface area contributed by atoms with Gasteiger partial charge in [0, 0.05) is 18.1 Å². The fraction of sp³-hybridized carbons (Fsp3) is 0.167. The molecule has 2 aromatic rings. The Bertz CT molecular complexity index is 629. The summed E-state index contributed by atoms with van der Waals surface area (Å²) in [7, 11) is 1.84. The first-order valence-electron chi connectivity index (χ1n) is 5.03. The summed E-state index contributed by atoms with van der Waals surface area (Å²) >= 11 is 6.02. The molecule has 0 atom stereocenters. The quantitative estimate of drug-likeness (QED) is 0.834. The number of hydrogen-bond acceptors (Lipinski definition) is 2. The predicted molar refractivity (Wildman–Crippen MR) is 67.1 cm³/mol. The Morgan fingerprint density at radius 2 is 2.24 bits per heavy atom. The van der Waals surface area contributed by atoms with Crippen molar-refractivity contribution in [3.8, 4) is 0 Å².